The van der Waals surface area contributed by atoms with Crippen LogP contribution in [0, 0.1) is 0 Å². The summed E-state index contributed by atoms with van der Waals surface area (Å²) in [6.45, 7) is 2.69. The Kier molecular flexibility index (Phi) is 4.33. The molecule has 0 saturated heterocycles. The number of unbranched alkanes of at least 4 members (excludes halogenated alkanes) is 1. The van der Waals surface area contributed by atoms with E-state index in [1.807, 2.05) is 0 Å². The number of nitrogens with one attached hydrogen (secondary N) is 1. The van der Waals surface area contributed by atoms with Crippen molar-refractivity contribution in [2.24, 2.45) is 5.73 Å². The second-order valence-corrected chi connectivity index (χ2v) is 6.58. The van der Waals surface area contributed by atoms with Crippen LogP contribution in [0.5, 0.6) is 0 Å². The fourth-order valence-corrected chi connectivity index (χ4v) is 3.81. The first-order valence-electron chi connectivity index (χ1n) is 8.94. The molecule has 0 aromatic heterocycles. The molecular formula is C22H24N2. The molecule has 0 bridgehead atoms. The van der Waals surface area contributed by atoms with Gasteiger partial charge in [0.2, 0.25) is 0 Å². The minimum absolute atomic E-state index is 0.717. The number of hydrogen-bond acceptors (Lipinski definition) is 2. The molecule has 0 atom stereocenters. The molecule has 0 spiro atoms. The van der Waals surface area contributed by atoms with Crippen LogP contribution in [0.1, 0.15) is 18.4 Å². The zero-order chi connectivity index (χ0) is 16.4. The van der Waals surface area contributed by atoms with E-state index >= 15 is 0 Å². The highest BCUT2D eigenvalue weighted by Crippen LogP contribution is 2.36. The van der Waals surface area contributed by atoms with Crippen LogP contribution in [0.4, 0.5) is 0 Å². The molecule has 3 N–H and O–H groups in total. The topological polar surface area (TPSA) is 38.0 Å². The van der Waals surface area contributed by atoms with E-state index in [-0.39, 0.29) is 0 Å². The Morgan fingerprint density at radius 3 is 2.21 bits per heavy atom. The summed E-state index contributed by atoms with van der Waals surface area (Å²) < 4.78 is 0. The molecule has 0 aliphatic heterocycles. The van der Waals surface area contributed by atoms with E-state index in [1.165, 1.54) is 50.7 Å². The van der Waals surface area contributed by atoms with Crippen LogP contribution in [0.15, 0.2) is 54.6 Å². The van der Waals surface area contributed by atoms with E-state index < -0.39 is 0 Å². The summed E-state index contributed by atoms with van der Waals surface area (Å²) in [5.74, 6) is 0. The number of nitrogens with two attached hydrogens (primary N) is 1. The molecule has 2 heteroatoms. The predicted molar refractivity (Wildman–Crippen MR) is 105 cm³/mol. The third-order valence-corrected chi connectivity index (χ3v) is 4.99. The van der Waals surface area contributed by atoms with Crippen molar-refractivity contribution in [3.8, 4) is 0 Å². The molecule has 0 aliphatic carbocycles. The van der Waals surface area contributed by atoms with E-state index in [0.29, 0.717) is 0 Å². The first kappa shape index (κ1) is 15.4. The molecule has 4 rings (SSSR count). The fraction of sp³-hybridized carbons (Fsp3) is 0.273. The highest BCUT2D eigenvalue weighted by atomic mass is 14.9. The summed E-state index contributed by atoms with van der Waals surface area (Å²) >= 11 is 0. The number of hydrogen-bond donors (Lipinski definition) is 2. The highest BCUT2D eigenvalue weighted by molar-refractivity contribution is 6.23. The molecule has 24 heavy (non-hydrogen) atoms. The molecular weight excluding hydrogens is 292 g/mol. The van der Waals surface area contributed by atoms with Gasteiger partial charge in [-0.25, -0.2) is 0 Å². The Balaban J connectivity index is 1.67. The third-order valence-electron chi connectivity index (χ3n) is 4.99. The largest absolute Gasteiger partial charge is 0.329 e. The highest BCUT2D eigenvalue weighted by Gasteiger charge is 2.10. The number of rotatable bonds is 7. The second kappa shape index (κ2) is 6.76. The Morgan fingerprint density at radius 2 is 1.42 bits per heavy atom. The third kappa shape index (κ3) is 2.72. The minimum Gasteiger partial charge on any atom is -0.329 e. The van der Waals surface area contributed by atoms with Gasteiger partial charge in [-0.15, -0.1) is 0 Å². The SMILES string of the molecule is NCCNCCCCc1ccc2ccc3cccc4ccc1c2c34. The van der Waals surface area contributed by atoms with Crippen molar-refractivity contribution in [2.75, 3.05) is 19.6 Å². The van der Waals surface area contributed by atoms with Gasteiger partial charge in [0.05, 0.1) is 0 Å². The minimum atomic E-state index is 0.717. The molecule has 0 radical (unpaired) electrons. The Bertz CT molecular complexity index is 942. The maximum absolute atomic E-state index is 5.51. The molecule has 0 aliphatic rings. The van der Waals surface area contributed by atoms with Crippen LogP contribution in [0.2, 0.25) is 0 Å². The Labute approximate surface area is 143 Å². The maximum Gasteiger partial charge on any atom is 0.00745 e. The second-order valence-electron chi connectivity index (χ2n) is 6.58. The summed E-state index contributed by atoms with van der Waals surface area (Å²) in [5.41, 5.74) is 6.98. The van der Waals surface area contributed by atoms with Gasteiger partial charge in [0.15, 0.2) is 0 Å². The first-order chi connectivity index (χ1) is 11.9. The van der Waals surface area contributed by atoms with Crippen LogP contribution in [0.25, 0.3) is 32.3 Å². The monoisotopic (exact) mass is 316 g/mol. The van der Waals surface area contributed by atoms with Gasteiger partial charge in [-0.3, -0.25) is 0 Å². The van der Waals surface area contributed by atoms with Crippen LogP contribution in [-0.2, 0) is 6.42 Å². The summed E-state index contributed by atoms with van der Waals surface area (Å²) in [7, 11) is 0. The van der Waals surface area contributed by atoms with Gasteiger partial charge in [-0.1, -0.05) is 54.6 Å². The van der Waals surface area contributed by atoms with E-state index in [4.69, 9.17) is 5.73 Å². The van der Waals surface area contributed by atoms with Gasteiger partial charge in [-0.2, -0.15) is 0 Å². The molecule has 4 aromatic rings. The average molecular weight is 316 g/mol. The molecule has 0 fully saturated rings. The van der Waals surface area contributed by atoms with Crippen molar-refractivity contribution in [1.82, 2.24) is 5.32 Å². The quantitative estimate of drug-likeness (QED) is 0.390. The molecule has 4 aromatic carbocycles. The van der Waals surface area contributed by atoms with Crippen molar-refractivity contribution in [1.29, 1.82) is 0 Å². The van der Waals surface area contributed by atoms with E-state index in [0.717, 1.165) is 26.1 Å². The van der Waals surface area contributed by atoms with Gasteiger partial charge < -0.3 is 11.1 Å². The molecule has 122 valence electrons. The lowest BCUT2D eigenvalue weighted by molar-refractivity contribution is 0.628. The smallest absolute Gasteiger partial charge is 0.00745 e. The molecule has 2 nitrogen and oxygen atoms in total. The fourth-order valence-electron chi connectivity index (χ4n) is 3.81. The van der Waals surface area contributed by atoms with Crippen molar-refractivity contribution >= 4 is 32.3 Å². The van der Waals surface area contributed by atoms with E-state index in [2.05, 4.69) is 59.9 Å². The average Bonchev–Trinajstić information content (AvgIpc) is 2.63. The molecule has 0 unspecified atom stereocenters. The molecule has 0 amide bonds. The van der Waals surface area contributed by atoms with Gasteiger partial charge in [-0.05, 0) is 63.7 Å². The van der Waals surface area contributed by atoms with Crippen LogP contribution >= 0.6 is 0 Å². The van der Waals surface area contributed by atoms with Crippen molar-refractivity contribution in [2.45, 2.75) is 19.3 Å². The normalized spacial score (nSPS) is 11.9. The van der Waals surface area contributed by atoms with Gasteiger partial charge >= 0.3 is 0 Å². The van der Waals surface area contributed by atoms with Crippen LogP contribution in [0.3, 0.4) is 0 Å². The summed E-state index contributed by atoms with van der Waals surface area (Å²) in [5, 5.41) is 11.7. The Morgan fingerprint density at radius 1 is 0.708 bits per heavy atom. The summed E-state index contributed by atoms with van der Waals surface area (Å²) in [6.07, 6.45) is 3.54. The van der Waals surface area contributed by atoms with Crippen molar-refractivity contribution < 1.29 is 0 Å². The van der Waals surface area contributed by atoms with Gasteiger partial charge in [0, 0.05) is 13.1 Å². The zero-order valence-electron chi connectivity index (χ0n) is 14.0. The lowest BCUT2D eigenvalue weighted by Gasteiger charge is -2.14. The standard InChI is InChI=1S/C22H24N2/c23-13-15-24-14-2-1-4-16-7-8-19-10-9-17-5-3-6-18-11-12-20(16)22(19)21(17)18/h3,5-12,24H,1-2,4,13-15,23H2. The molecule has 0 heterocycles. The number of aryl methyl sites for hydroxylation is 1. The summed E-state index contributed by atoms with van der Waals surface area (Å²) in [6, 6.07) is 20.3. The first-order valence-corrected chi connectivity index (χ1v) is 8.94. The van der Waals surface area contributed by atoms with Gasteiger partial charge in [0.1, 0.15) is 0 Å². The maximum atomic E-state index is 5.51. The zero-order valence-corrected chi connectivity index (χ0v) is 14.0. The van der Waals surface area contributed by atoms with Crippen molar-refractivity contribution in [3.63, 3.8) is 0 Å². The van der Waals surface area contributed by atoms with Crippen molar-refractivity contribution in [3.05, 3.63) is 60.2 Å². The van der Waals surface area contributed by atoms with E-state index in [9.17, 15) is 0 Å². The molecule has 0 saturated carbocycles. The Hall–Kier alpha value is -2.16. The lowest BCUT2D eigenvalue weighted by Crippen LogP contribution is -2.23. The summed E-state index contributed by atoms with van der Waals surface area (Å²) in [4.78, 5) is 0. The lowest BCUT2D eigenvalue weighted by atomic mass is 9.90. The van der Waals surface area contributed by atoms with Crippen LogP contribution in [-0.4, -0.2) is 19.6 Å². The van der Waals surface area contributed by atoms with Crippen LogP contribution < -0.4 is 11.1 Å². The number of benzene rings is 4. The van der Waals surface area contributed by atoms with E-state index in [1.54, 1.807) is 0 Å². The van der Waals surface area contributed by atoms with Gasteiger partial charge in [0.25, 0.3) is 0 Å². The predicted octanol–water partition coefficient (Wildman–Crippen LogP) is 4.46.